The molecule has 5 rings (SSSR count). The van der Waals surface area contributed by atoms with Crippen molar-refractivity contribution in [3.8, 4) is 0 Å². The van der Waals surface area contributed by atoms with Crippen molar-refractivity contribution >= 4 is 22.3 Å². The lowest BCUT2D eigenvalue weighted by Gasteiger charge is -2.13. The minimum absolute atomic E-state index is 0.112. The number of hydrogen-bond donors (Lipinski definition) is 3. The van der Waals surface area contributed by atoms with Crippen LogP contribution in [0.5, 0.6) is 0 Å². The Bertz CT molecular complexity index is 1230. The Morgan fingerprint density at radius 1 is 1.10 bits per heavy atom. The number of aromatic amines is 1. The van der Waals surface area contributed by atoms with Crippen molar-refractivity contribution in [2.45, 2.75) is 38.2 Å². The monoisotopic (exact) mass is 419 g/mol. The van der Waals surface area contributed by atoms with Crippen molar-refractivity contribution in [3.63, 3.8) is 0 Å². The third kappa shape index (κ3) is 3.79. The van der Waals surface area contributed by atoms with Gasteiger partial charge in [0, 0.05) is 40.2 Å². The SMILES string of the molecule is OC1CCc2c(Nc3cc(F)c(CCCc4c[nH]c5ccccc45)c(F)c3)ccnc21. The van der Waals surface area contributed by atoms with Gasteiger partial charge >= 0.3 is 0 Å². The van der Waals surface area contributed by atoms with E-state index < -0.39 is 17.7 Å². The predicted molar refractivity (Wildman–Crippen MR) is 117 cm³/mol. The summed E-state index contributed by atoms with van der Waals surface area (Å²) in [7, 11) is 0. The van der Waals surface area contributed by atoms with E-state index in [1.54, 1.807) is 12.3 Å². The van der Waals surface area contributed by atoms with Crippen LogP contribution >= 0.6 is 0 Å². The van der Waals surface area contributed by atoms with Gasteiger partial charge in [0.2, 0.25) is 0 Å². The van der Waals surface area contributed by atoms with Gasteiger partial charge in [0.15, 0.2) is 0 Å². The van der Waals surface area contributed by atoms with Crippen LogP contribution in [-0.4, -0.2) is 15.1 Å². The molecular weight excluding hydrogens is 396 g/mol. The highest BCUT2D eigenvalue weighted by atomic mass is 19.1. The number of benzene rings is 2. The van der Waals surface area contributed by atoms with Crippen LogP contribution in [0.25, 0.3) is 10.9 Å². The summed E-state index contributed by atoms with van der Waals surface area (Å²) in [6.07, 6.45) is 6.00. The Morgan fingerprint density at radius 3 is 2.74 bits per heavy atom. The van der Waals surface area contributed by atoms with Gasteiger partial charge in [0.25, 0.3) is 0 Å². The first-order valence-electron chi connectivity index (χ1n) is 10.6. The summed E-state index contributed by atoms with van der Waals surface area (Å²) >= 11 is 0. The molecule has 0 aliphatic heterocycles. The Kier molecular flexibility index (Phi) is 5.16. The summed E-state index contributed by atoms with van der Waals surface area (Å²) in [6.45, 7) is 0. The molecule has 1 atom stereocenters. The van der Waals surface area contributed by atoms with Gasteiger partial charge in [-0.2, -0.15) is 0 Å². The van der Waals surface area contributed by atoms with Crippen LogP contribution in [0.2, 0.25) is 0 Å². The number of rotatable bonds is 6. The fourth-order valence-corrected chi connectivity index (χ4v) is 4.46. The molecule has 0 amide bonds. The number of H-pyrrole nitrogens is 1. The lowest BCUT2D eigenvalue weighted by molar-refractivity contribution is 0.176. The van der Waals surface area contributed by atoms with Crippen LogP contribution < -0.4 is 5.32 Å². The largest absolute Gasteiger partial charge is 0.387 e. The molecule has 4 nitrogen and oxygen atoms in total. The molecule has 4 aromatic rings. The van der Waals surface area contributed by atoms with E-state index in [1.165, 1.54) is 12.1 Å². The third-order valence-corrected chi connectivity index (χ3v) is 6.04. The van der Waals surface area contributed by atoms with Gasteiger partial charge in [-0.15, -0.1) is 0 Å². The van der Waals surface area contributed by atoms with Gasteiger partial charge in [-0.1, -0.05) is 18.2 Å². The fourth-order valence-electron chi connectivity index (χ4n) is 4.46. The molecule has 0 fully saturated rings. The summed E-state index contributed by atoms with van der Waals surface area (Å²) < 4.78 is 29.5. The van der Waals surface area contributed by atoms with Crippen molar-refractivity contribution in [2.75, 3.05) is 5.32 Å². The molecule has 2 aromatic heterocycles. The van der Waals surface area contributed by atoms with Gasteiger partial charge in [-0.25, -0.2) is 8.78 Å². The van der Waals surface area contributed by atoms with Crippen LogP contribution in [0.1, 0.15) is 41.3 Å². The lowest BCUT2D eigenvalue weighted by atomic mass is 10.0. The maximum absolute atomic E-state index is 14.7. The molecule has 0 saturated carbocycles. The first kappa shape index (κ1) is 19.7. The van der Waals surface area contributed by atoms with E-state index in [1.807, 2.05) is 24.4 Å². The molecule has 0 saturated heterocycles. The van der Waals surface area contributed by atoms with E-state index in [2.05, 4.69) is 21.4 Å². The van der Waals surface area contributed by atoms with E-state index in [0.717, 1.165) is 34.1 Å². The van der Waals surface area contributed by atoms with Crippen molar-refractivity contribution in [1.29, 1.82) is 0 Å². The summed E-state index contributed by atoms with van der Waals surface area (Å²) in [5.41, 5.74) is 4.96. The second-order valence-corrected chi connectivity index (χ2v) is 8.03. The van der Waals surface area contributed by atoms with Gasteiger partial charge in [0.1, 0.15) is 11.6 Å². The first-order chi connectivity index (χ1) is 15.1. The lowest BCUT2D eigenvalue weighted by Crippen LogP contribution is -2.02. The second-order valence-electron chi connectivity index (χ2n) is 8.03. The van der Waals surface area contributed by atoms with E-state index in [0.29, 0.717) is 37.1 Å². The summed E-state index contributed by atoms with van der Waals surface area (Å²) in [5.74, 6) is -1.10. The number of aliphatic hydroxyl groups excluding tert-OH is 1. The zero-order chi connectivity index (χ0) is 21.4. The molecule has 0 bridgehead atoms. The Labute approximate surface area is 179 Å². The standard InChI is InChI=1S/C25H23F2N3O/c26-20-12-16(30-23-10-11-28-25-19(23)8-9-24(25)31)13-21(27)18(20)6-3-4-15-14-29-22-7-2-1-5-17(15)22/h1-2,5,7,10-14,24,29,31H,3-4,6,8-9H2,(H,28,30). The van der Waals surface area contributed by atoms with Crippen molar-refractivity contribution < 1.29 is 13.9 Å². The van der Waals surface area contributed by atoms with Gasteiger partial charge in [0.05, 0.1) is 11.8 Å². The number of nitrogens with one attached hydrogen (secondary N) is 2. The van der Waals surface area contributed by atoms with Gasteiger partial charge in [-0.05, 0) is 67.5 Å². The van der Waals surface area contributed by atoms with Crippen LogP contribution in [-0.2, 0) is 19.3 Å². The maximum atomic E-state index is 14.7. The van der Waals surface area contributed by atoms with Crippen LogP contribution in [0, 0.1) is 11.6 Å². The molecule has 2 aromatic carbocycles. The molecule has 31 heavy (non-hydrogen) atoms. The third-order valence-electron chi connectivity index (χ3n) is 6.04. The summed E-state index contributed by atoms with van der Waals surface area (Å²) in [6, 6.07) is 12.5. The number of halogens is 2. The molecule has 158 valence electrons. The number of aryl methyl sites for hydroxylation is 1. The Balaban J connectivity index is 1.30. The molecular formula is C25H23F2N3O. The van der Waals surface area contributed by atoms with E-state index in [4.69, 9.17) is 0 Å². The van der Waals surface area contributed by atoms with E-state index in [9.17, 15) is 13.9 Å². The zero-order valence-corrected chi connectivity index (χ0v) is 17.0. The highest BCUT2D eigenvalue weighted by Crippen LogP contribution is 2.35. The smallest absolute Gasteiger partial charge is 0.131 e. The minimum Gasteiger partial charge on any atom is -0.387 e. The quantitative estimate of drug-likeness (QED) is 0.373. The molecule has 0 spiro atoms. The molecule has 3 N–H and O–H groups in total. The fraction of sp³-hybridized carbons (Fsp3) is 0.240. The highest BCUT2D eigenvalue weighted by Gasteiger charge is 2.24. The molecule has 1 aliphatic carbocycles. The summed E-state index contributed by atoms with van der Waals surface area (Å²) in [4.78, 5) is 7.46. The number of nitrogens with zero attached hydrogens (tertiary/aromatic N) is 1. The normalized spacial score (nSPS) is 15.4. The van der Waals surface area contributed by atoms with Gasteiger partial charge < -0.3 is 15.4 Å². The first-order valence-corrected chi connectivity index (χ1v) is 10.6. The number of para-hydroxylation sites is 1. The number of aromatic nitrogens is 2. The summed E-state index contributed by atoms with van der Waals surface area (Å²) in [5, 5.41) is 14.2. The maximum Gasteiger partial charge on any atom is 0.131 e. The van der Waals surface area contributed by atoms with Crippen LogP contribution in [0.3, 0.4) is 0 Å². The molecule has 0 radical (unpaired) electrons. The topological polar surface area (TPSA) is 60.9 Å². The Morgan fingerprint density at radius 2 is 1.90 bits per heavy atom. The number of hydrogen-bond acceptors (Lipinski definition) is 3. The van der Waals surface area contributed by atoms with Crippen molar-refractivity contribution in [1.82, 2.24) is 9.97 Å². The highest BCUT2D eigenvalue weighted by molar-refractivity contribution is 5.83. The molecule has 2 heterocycles. The molecule has 1 aliphatic rings. The van der Waals surface area contributed by atoms with E-state index in [-0.39, 0.29) is 5.56 Å². The van der Waals surface area contributed by atoms with Crippen molar-refractivity contribution in [2.24, 2.45) is 0 Å². The zero-order valence-electron chi connectivity index (χ0n) is 17.0. The van der Waals surface area contributed by atoms with Crippen molar-refractivity contribution in [3.05, 3.63) is 88.9 Å². The predicted octanol–water partition coefficient (Wildman–Crippen LogP) is 5.74. The van der Waals surface area contributed by atoms with E-state index >= 15 is 0 Å². The number of fused-ring (bicyclic) bond motifs is 2. The van der Waals surface area contributed by atoms with Crippen LogP contribution in [0.4, 0.5) is 20.2 Å². The average Bonchev–Trinajstić information content (AvgIpc) is 3.35. The number of aliphatic hydroxyl groups is 1. The van der Waals surface area contributed by atoms with Crippen LogP contribution in [0.15, 0.2) is 54.9 Å². The number of anilines is 2. The molecule has 6 heteroatoms. The van der Waals surface area contributed by atoms with Gasteiger partial charge in [-0.3, -0.25) is 4.98 Å². The number of pyridine rings is 1. The molecule has 1 unspecified atom stereocenters. The second kappa shape index (κ2) is 8.12. The Hall–Kier alpha value is -3.25. The average molecular weight is 419 g/mol. The minimum atomic E-state index is -0.579.